The van der Waals surface area contributed by atoms with E-state index in [1.54, 1.807) is 0 Å². The molecule has 0 spiro atoms. The minimum Gasteiger partial charge on any atom is -0.456 e. The first kappa shape index (κ1) is 38.8. The van der Waals surface area contributed by atoms with E-state index in [9.17, 15) is 0 Å². The van der Waals surface area contributed by atoms with Crippen molar-refractivity contribution >= 4 is 88.8 Å². The predicted octanol–water partition coefficient (Wildman–Crippen LogP) is 16.7. The number of aromatic nitrogens is 2. The lowest BCUT2D eigenvalue weighted by Gasteiger charge is -2.26. The number of furan rings is 2. The Hall–Kier alpha value is -8.48. The van der Waals surface area contributed by atoms with E-state index in [1.807, 2.05) is 36.7 Å². The fourth-order valence-electron chi connectivity index (χ4n) is 11.4. The van der Waals surface area contributed by atoms with Crippen molar-refractivity contribution in [2.45, 2.75) is 38.5 Å². The van der Waals surface area contributed by atoms with Gasteiger partial charge in [-0.1, -0.05) is 84.9 Å². The van der Waals surface area contributed by atoms with Crippen LogP contribution >= 0.6 is 0 Å². The predicted molar refractivity (Wildman–Crippen MR) is 278 cm³/mol. The van der Waals surface area contributed by atoms with Crippen LogP contribution in [-0.2, 0) is 25.7 Å². The zero-order chi connectivity index (χ0) is 44.7. The van der Waals surface area contributed by atoms with Gasteiger partial charge in [0.15, 0.2) is 0 Å². The van der Waals surface area contributed by atoms with E-state index in [0.29, 0.717) is 0 Å². The highest BCUT2D eigenvalue weighted by Gasteiger charge is 2.32. The van der Waals surface area contributed by atoms with Crippen molar-refractivity contribution in [3.63, 3.8) is 0 Å². The van der Waals surface area contributed by atoms with Gasteiger partial charge in [-0.3, -0.25) is 9.97 Å². The van der Waals surface area contributed by atoms with Crippen LogP contribution in [0.1, 0.15) is 35.1 Å². The Morgan fingerprint density at radius 2 is 0.706 bits per heavy atom. The van der Waals surface area contributed by atoms with Crippen molar-refractivity contribution in [1.82, 2.24) is 9.97 Å². The van der Waals surface area contributed by atoms with Crippen molar-refractivity contribution in [3.05, 3.63) is 217 Å². The van der Waals surface area contributed by atoms with E-state index in [4.69, 9.17) is 18.8 Å². The molecule has 324 valence electrons. The van der Waals surface area contributed by atoms with Gasteiger partial charge in [0.1, 0.15) is 22.3 Å². The summed E-state index contributed by atoms with van der Waals surface area (Å²) in [6, 6.07) is 63.8. The lowest BCUT2D eigenvalue weighted by Crippen LogP contribution is -2.10. The molecule has 2 aliphatic rings. The molecule has 12 aromatic rings. The van der Waals surface area contributed by atoms with E-state index < -0.39 is 0 Å². The minimum atomic E-state index is 0.913. The second-order valence-corrected chi connectivity index (χ2v) is 18.2. The highest BCUT2D eigenvalue weighted by Crippen LogP contribution is 2.51. The van der Waals surface area contributed by atoms with Crippen LogP contribution < -0.4 is 9.80 Å². The molecule has 0 unspecified atom stereocenters. The summed E-state index contributed by atoms with van der Waals surface area (Å²) in [6.45, 7) is 0. The summed E-state index contributed by atoms with van der Waals surface area (Å²) in [5, 5.41) is 7.72. The second kappa shape index (κ2) is 15.6. The summed E-state index contributed by atoms with van der Waals surface area (Å²) in [4.78, 5) is 14.6. The summed E-state index contributed by atoms with van der Waals surface area (Å²) in [7, 11) is 0. The first-order valence-corrected chi connectivity index (χ1v) is 23.8. The summed E-state index contributed by atoms with van der Waals surface area (Å²) in [6.07, 6.45) is 10.1. The van der Waals surface area contributed by atoms with Gasteiger partial charge in [0.05, 0.1) is 35.2 Å². The van der Waals surface area contributed by atoms with Gasteiger partial charge in [0.25, 0.3) is 0 Å². The molecule has 6 heteroatoms. The van der Waals surface area contributed by atoms with E-state index >= 15 is 0 Å². The quantitative estimate of drug-likeness (QED) is 0.152. The van der Waals surface area contributed by atoms with Crippen LogP contribution in [0, 0.1) is 0 Å². The standard InChI is InChI=1S/C62H44N4O2/c1-5-15-41(16-6-1)65(42-17-7-2-8-18-42)45-29-33-53(63-37-45)39-27-31-47-55(35-39)67-61-51-25-14-24-50-58(51)57-49(59(47)61)23-13-26-52(57)62-60(50)48-32-28-40(36-56(48)68-62)54-34-30-46(38-64-54)66(43-19-9-3-10-20-43)44-21-11-4-12-22-44/h1-12,15-22,27-38H,13-14,23-26H2. The van der Waals surface area contributed by atoms with E-state index in [1.165, 1.54) is 54.6 Å². The van der Waals surface area contributed by atoms with Crippen molar-refractivity contribution in [1.29, 1.82) is 0 Å². The maximum absolute atomic E-state index is 7.07. The Morgan fingerprint density at radius 1 is 0.338 bits per heavy atom. The van der Waals surface area contributed by atoms with Crippen LogP contribution in [0.3, 0.4) is 0 Å². The number of fused-ring (bicyclic) bond motifs is 10. The zero-order valence-corrected chi connectivity index (χ0v) is 37.3. The summed E-state index contributed by atoms with van der Waals surface area (Å²) >= 11 is 0. The third kappa shape index (κ3) is 6.10. The van der Waals surface area contributed by atoms with Crippen molar-refractivity contribution in [2.24, 2.45) is 0 Å². The third-order valence-electron chi connectivity index (χ3n) is 14.4. The highest BCUT2D eigenvalue weighted by atomic mass is 16.3. The fourth-order valence-corrected chi connectivity index (χ4v) is 11.4. The lowest BCUT2D eigenvalue weighted by molar-refractivity contribution is 0.653. The number of pyridine rings is 2. The average Bonchev–Trinajstić information content (AvgIpc) is 4.00. The molecule has 0 aliphatic heterocycles. The Labute approximate surface area is 393 Å². The molecule has 0 saturated heterocycles. The highest BCUT2D eigenvalue weighted by molar-refractivity contribution is 6.23. The van der Waals surface area contributed by atoms with Crippen LogP contribution in [0.15, 0.2) is 203 Å². The van der Waals surface area contributed by atoms with Gasteiger partial charge in [-0.05, 0) is 157 Å². The summed E-state index contributed by atoms with van der Waals surface area (Å²) < 4.78 is 14.1. The molecule has 0 saturated carbocycles. The smallest absolute Gasteiger partial charge is 0.139 e. The molecular formula is C62H44N4O2. The van der Waals surface area contributed by atoms with Gasteiger partial charge in [0, 0.05) is 66.5 Å². The molecule has 68 heavy (non-hydrogen) atoms. The normalized spacial score (nSPS) is 13.2. The molecule has 0 N–H and O–H groups in total. The van der Waals surface area contributed by atoms with E-state index in [0.717, 1.165) is 117 Å². The Balaban J connectivity index is 0.854. The topological polar surface area (TPSA) is 58.5 Å². The molecule has 0 fully saturated rings. The number of para-hydroxylation sites is 4. The van der Waals surface area contributed by atoms with Crippen molar-refractivity contribution < 1.29 is 8.83 Å². The fraction of sp³-hybridized carbons (Fsp3) is 0.0968. The monoisotopic (exact) mass is 876 g/mol. The van der Waals surface area contributed by atoms with Crippen LogP contribution in [0.25, 0.3) is 77.2 Å². The molecule has 0 radical (unpaired) electrons. The molecule has 4 aromatic heterocycles. The lowest BCUT2D eigenvalue weighted by atomic mass is 9.77. The molecule has 4 heterocycles. The summed E-state index contributed by atoms with van der Waals surface area (Å²) in [5.41, 5.74) is 19.7. The maximum atomic E-state index is 7.07. The third-order valence-corrected chi connectivity index (χ3v) is 14.4. The van der Waals surface area contributed by atoms with E-state index in [-0.39, 0.29) is 0 Å². The zero-order valence-electron chi connectivity index (χ0n) is 37.3. The molecular weight excluding hydrogens is 833 g/mol. The van der Waals surface area contributed by atoms with Gasteiger partial charge < -0.3 is 18.6 Å². The van der Waals surface area contributed by atoms with E-state index in [2.05, 4.69) is 168 Å². The molecule has 0 bridgehead atoms. The summed E-state index contributed by atoms with van der Waals surface area (Å²) in [5.74, 6) is 0. The Kier molecular flexibility index (Phi) is 8.87. The minimum absolute atomic E-state index is 0.913. The van der Waals surface area contributed by atoms with Gasteiger partial charge >= 0.3 is 0 Å². The van der Waals surface area contributed by atoms with Crippen LogP contribution in [0.4, 0.5) is 34.1 Å². The van der Waals surface area contributed by atoms with Crippen molar-refractivity contribution in [2.75, 3.05) is 9.80 Å². The van der Waals surface area contributed by atoms with Gasteiger partial charge in [-0.2, -0.15) is 0 Å². The number of rotatable bonds is 8. The number of hydrogen-bond donors (Lipinski definition) is 0. The largest absolute Gasteiger partial charge is 0.456 e. The number of anilines is 6. The average molecular weight is 877 g/mol. The molecule has 0 atom stereocenters. The second-order valence-electron chi connectivity index (χ2n) is 18.2. The van der Waals surface area contributed by atoms with Gasteiger partial charge in [0.2, 0.25) is 0 Å². The number of hydrogen-bond acceptors (Lipinski definition) is 6. The molecule has 2 aliphatic carbocycles. The van der Waals surface area contributed by atoms with Crippen LogP contribution in [0.5, 0.6) is 0 Å². The number of benzene rings is 8. The van der Waals surface area contributed by atoms with Crippen LogP contribution in [-0.4, -0.2) is 9.97 Å². The Morgan fingerprint density at radius 3 is 1.06 bits per heavy atom. The number of aryl methyl sites for hydroxylation is 4. The molecule has 6 nitrogen and oxygen atoms in total. The van der Waals surface area contributed by atoms with Crippen LogP contribution in [0.2, 0.25) is 0 Å². The Bertz CT molecular complexity index is 3550. The van der Waals surface area contributed by atoms with Crippen molar-refractivity contribution in [3.8, 4) is 22.5 Å². The molecule has 0 amide bonds. The maximum Gasteiger partial charge on any atom is 0.139 e. The number of nitrogens with zero attached hydrogens (tertiary/aromatic N) is 4. The first-order chi connectivity index (χ1) is 33.7. The molecule has 14 rings (SSSR count). The SMILES string of the molecule is c1ccc(N(c2ccccc2)c2ccc(-c3ccc4c(c3)oc3c5c6c(c7c(oc8cc(-c9ccc(N(c%10ccccc%10)c%10ccccc%10)cn9)ccc87)c7c6c(c34)CCC7)CCC5)nc2)cc1. The van der Waals surface area contributed by atoms with Gasteiger partial charge in [-0.15, -0.1) is 0 Å². The molecule has 8 aromatic carbocycles. The van der Waals surface area contributed by atoms with Gasteiger partial charge in [-0.25, -0.2) is 0 Å². The first-order valence-electron chi connectivity index (χ1n) is 23.8.